The van der Waals surface area contributed by atoms with Crippen LogP contribution in [0.25, 0.3) is 21.8 Å². The third-order valence-electron chi connectivity index (χ3n) is 6.53. The molecule has 4 N–H and O–H groups in total. The van der Waals surface area contributed by atoms with E-state index in [2.05, 4.69) is 20.0 Å². The van der Waals surface area contributed by atoms with Gasteiger partial charge in [-0.25, -0.2) is 9.59 Å². The fraction of sp³-hybridized carbons (Fsp3) is 0.133. The van der Waals surface area contributed by atoms with E-state index in [0.717, 1.165) is 32.9 Å². The highest BCUT2D eigenvalue weighted by Crippen LogP contribution is 2.21. The van der Waals surface area contributed by atoms with Crippen LogP contribution in [-0.2, 0) is 22.4 Å². The fourth-order valence-corrected chi connectivity index (χ4v) is 4.51. The predicted octanol–water partition coefficient (Wildman–Crippen LogP) is 4.88. The Morgan fingerprint density at radius 1 is 0.658 bits per heavy atom. The van der Waals surface area contributed by atoms with Crippen LogP contribution < -0.4 is 0 Å². The molecule has 0 aliphatic heterocycles. The minimum Gasteiger partial charge on any atom is -0.480 e. The third-order valence-corrected chi connectivity index (χ3v) is 6.53. The summed E-state index contributed by atoms with van der Waals surface area (Å²) in [5.74, 6) is -2.05. The van der Waals surface area contributed by atoms with Gasteiger partial charge in [0.1, 0.15) is 0 Å². The lowest BCUT2D eigenvalue weighted by Gasteiger charge is -2.09. The summed E-state index contributed by atoms with van der Waals surface area (Å²) in [5.41, 5.74) is 4.94. The molecule has 0 fully saturated rings. The highest BCUT2D eigenvalue weighted by atomic mass is 16.4. The van der Waals surface area contributed by atoms with E-state index < -0.39 is 24.0 Å². The van der Waals surface area contributed by atoms with Crippen molar-refractivity contribution in [1.82, 2.24) is 9.97 Å². The van der Waals surface area contributed by atoms with Crippen LogP contribution >= 0.6 is 0 Å². The topological polar surface area (TPSA) is 131 Å². The molecule has 8 heteroatoms. The third kappa shape index (κ3) is 5.39. The van der Waals surface area contributed by atoms with Crippen molar-refractivity contribution in [3.8, 4) is 0 Å². The van der Waals surface area contributed by atoms with E-state index in [0.29, 0.717) is 11.1 Å². The van der Waals surface area contributed by atoms with Gasteiger partial charge in [0.2, 0.25) is 0 Å². The highest BCUT2D eigenvalue weighted by molar-refractivity contribution is 5.96. The number of para-hydroxylation sites is 2. The molecular formula is C30H26N4O4. The zero-order valence-electron chi connectivity index (χ0n) is 20.4. The number of nitrogens with zero attached hydrogens (tertiary/aromatic N) is 2. The Labute approximate surface area is 218 Å². The van der Waals surface area contributed by atoms with Gasteiger partial charge in [-0.3, -0.25) is 9.98 Å². The molecule has 0 amide bonds. The van der Waals surface area contributed by atoms with E-state index in [9.17, 15) is 19.8 Å². The number of hydrogen-bond acceptors (Lipinski definition) is 4. The second kappa shape index (κ2) is 11.0. The van der Waals surface area contributed by atoms with Crippen molar-refractivity contribution in [2.45, 2.75) is 24.9 Å². The van der Waals surface area contributed by atoms with Gasteiger partial charge in [-0.05, 0) is 23.3 Å². The van der Waals surface area contributed by atoms with E-state index in [1.165, 1.54) is 12.4 Å². The van der Waals surface area contributed by atoms with Crippen LogP contribution in [0.15, 0.2) is 95.2 Å². The average Bonchev–Trinajstić information content (AvgIpc) is 3.53. The predicted molar refractivity (Wildman–Crippen MR) is 148 cm³/mol. The fourth-order valence-electron chi connectivity index (χ4n) is 4.51. The van der Waals surface area contributed by atoms with Gasteiger partial charge in [-0.2, -0.15) is 0 Å². The number of aromatic nitrogens is 2. The Balaban J connectivity index is 1.36. The van der Waals surface area contributed by atoms with Gasteiger partial charge in [0.05, 0.1) is 0 Å². The number of benzene rings is 3. The van der Waals surface area contributed by atoms with Crippen LogP contribution in [0, 0.1) is 0 Å². The van der Waals surface area contributed by atoms with Gasteiger partial charge in [0.15, 0.2) is 12.1 Å². The molecule has 3 aromatic carbocycles. The molecule has 0 spiro atoms. The lowest BCUT2D eigenvalue weighted by molar-refractivity contribution is -0.139. The summed E-state index contributed by atoms with van der Waals surface area (Å²) in [5, 5.41) is 21.6. The summed E-state index contributed by atoms with van der Waals surface area (Å²) in [6.45, 7) is 0. The Hall–Kier alpha value is -4.98. The molecule has 5 aromatic rings. The molecule has 38 heavy (non-hydrogen) atoms. The van der Waals surface area contributed by atoms with E-state index in [1.807, 2.05) is 73.1 Å². The zero-order valence-corrected chi connectivity index (χ0v) is 20.4. The van der Waals surface area contributed by atoms with E-state index in [4.69, 9.17) is 0 Å². The average molecular weight is 507 g/mol. The molecule has 5 rings (SSSR count). The molecule has 0 radical (unpaired) electrons. The van der Waals surface area contributed by atoms with Crippen molar-refractivity contribution >= 4 is 46.2 Å². The summed E-state index contributed by atoms with van der Waals surface area (Å²) >= 11 is 0. The minimum atomic E-state index is -1.03. The van der Waals surface area contributed by atoms with Gasteiger partial charge >= 0.3 is 11.9 Å². The van der Waals surface area contributed by atoms with Crippen molar-refractivity contribution in [3.05, 3.63) is 107 Å². The summed E-state index contributed by atoms with van der Waals surface area (Å²) < 4.78 is 0. The number of H-pyrrole nitrogens is 2. The Morgan fingerprint density at radius 2 is 1.05 bits per heavy atom. The maximum atomic E-state index is 12.0. The quantitative estimate of drug-likeness (QED) is 0.201. The number of fused-ring (bicyclic) bond motifs is 2. The SMILES string of the molecule is O=C(O)C(Cc1c[nH]c2ccccc12)N=Cc1ccccc1C=NC(Cc1c[nH]c2ccccc12)C(=O)O. The molecule has 2 atom stereocenters. The first-order chi connectivity index (χ1) is 18.5. The molecule has 0 bridgehead atoms. The maximum absolute atomic E-state index is 12.0. The molecule has 190 valence electrons. The number of aromatic amines is 2. The number of carbonyl (C=O) groups is 2. The minimum absolute atomic E-state index is 0.234. The standard InChI is InChI=1S/C30H26N4O4/c35-29(36)27(13-21-17-31-25-11-5-3-9-23(21)25)33-15-19-7-1-2-8-20(19)16-34-28(30(37)38)14-22-18-32-26-12-6-4-10-24(22)26/h1-12,15-18,27-28,31-32H,13-14H2,(H,35,36)(H,37,38). The molecule has 0 aliphatic rings. The first-order valence-electron chi connectivity index (χ1n) is 12.2. The van der Waals surface area contributed by atoms with Crippen LogP contribution in [0.2, 0.25) is 0 Å². The molecular weight excluding hydrogens is 480 g/mol. The lowest BCUT2D eigenvalue weighted by atomic mass is 10.0. The number of rotatable bonds is 10. The first kappa shape index (κ1) is 24.7. The highest BCUT2D eigenvalue weighted by Gasteiger charge is 2.20. The van der Waals surface area contributed by atoms with Crippen molar-refractivity contribution in [1.29, 1.82) is 0 Å². The Morgan fingerprint density at radius 3 is 1.47 bits per heavy atom. The largest absolute Gasteiger partial charge is 0.480 e. The van der Waals surface area contributed by atoms with Crippen LogP contribution in [0.5, 0.6) is 0 Å². The monoisotopic (exact) mass is 506 g/mol. The van der Waals surface area contributed by atoms with Crippen LogP contribution in [0.1, 0.15) is 22.3 Å². The summed E-state index contributed by atoms with van der Waals surface area (Å²) in [7, 11) is 0. The number of nitrogens with one attached hydrogen (secondary N) is 2. The van der Waals surface area contributed by atoms with Gasteiger partial charge in [0, 0.05) is 70.6 Å². The molecule has 2 aromatic heterocycles. The summed E-state index contributed by atoms with van der Waals surface area (Å²) in [4.78, 5) is 39.0. The van der Waals surface area contributed by atoms with Gasteiger partial charge < -0.3 is 20.2 Å². The van der Waals surface area contributed by atoms with Crippen LogP contribution in [-0.4, -0.2) is 56.6 Å². The molecule has 2 heterocycles. The lowest BCUT2D eigenvalue weighted by Crippen LogP contribution is -2.21. The smallest absolute Gasteiger partial charge is 0.328 e. The van der Waals surface area contributed by atoms with Crippen LogP contribution in [0.3, 0.4) is 0 Å². The van der Waals surface area contributed by atoms with E-state index >= 15 is 0 Å². The van der Waals surface area contributed by atoms with E-state index in [1.54, 1.807) is 12.1 Å². The zero-order chi connectivity index (χ0) is 26.5. The molecule has 2 unspecified atom stereocenters. The Bertz CT molecular complexity index is 1540. The number of aliphatic carboxylic acids is 2. The number of aliphatic imine (C=N–C) groups is 2. The van der Waals surface area contributed by atoms with Crippen molar-refractivity contribution in [2.24, 2.45) is 9.98 Å². The maximum Gasteiger partial charge on any atom is 0.328 e. The van der Waals surface area contributed by atoms with Crippen molar-refractivity contribution in [2.75, 3.05) is 0 Å². The Kier molecular flexibility index (Phi) is 7.13. The number of carboxylic acid groups (broad SMARTS) is 2. The van der Waals surface area contributed by atoms with Gasteiger partial charge in [-0.15, -0.1) is 0 Å². The molecule has 8 nitrogen and oxygen atoms in total. The van der Waals surface area contributed by atoms with Gasteiger partial charge in [0.25, 0.3) is 0 Å². The number of carboxylic acids is 2. The van der Waals surface area contributed by atoms with E-state index in [-0.39, 0.29) is 12.8 Å². The summed E-state index contributed by atoms with van der Waals surface area (Å²) in [6.07, 6.45) is 7.14. The van der Waals surface area contributed by atoms with Crippen molar-refractivity contribution in [3.63, 3.8) is 0 Å². The molecule has 0 aliphatic carbocycles. The van der Waals surface area contributed by atoms with Crippen LogP contribution in [0.4, 0.5) is 0 Å². The van der Waals surface area contributed by atoms with Gasteiger partial charge in [-0.1, -0.05) is 60.7 Å². The summed E-state index contributed by atoms with van der Waals surface area (Å²) in [6, 6.07) is 20.7. The second-order valence-corrected chi connectivity index (χ2v) is 9.02. The normalized spacial score (nSPS) is 13.5. The first-order valence-corrected chi connectivity index (χ1v) is 12.2. The second-order valence-electron chi connectivity index (χ2n) is 9.02. The van der Waals surface area contributed by atoms with Crippen molar-refractivity contribution < 1.29 is 19.8 Å². The molecule has 0 saturated carbocycles. The number of hydrogen-bond donors (Lipinski definition) is 4. The molecule has 0 saturated heterocycles.